The molecule has 0 radical (unpaired) electrons. The van der Waals surface area contributed by atoms with E-state index in [0.29, 0.717) is 11.4 Å². The molecule has 0 saturated carbocycles. The third-order valence-electron chi connectivity index (χ3n) is 3.36. The van der Waals surface area contributed by atoms with E-state index in [1.54, 1.807) is 0 Å². The third kappa shape index (κ3) is 4.60. The van der Waals surface area contributed by atoms with Crippen LogP contribution in [0.4, 0.5) is 0 Å². The number of piperidine rings is 1. The molecule has 1 heterocycles. The lowest BCUT2D eigenvalue weighted by Gasteiger charge is -2.22. The van der Waals surface area contributed by atoms with Gasteiger partial charge in [0.05, 0.1) is 6.10 Å². The van der Waals surface area contributed by atoms with Crippen molar-refractivity contribution in [1.82, 2.24) is 5.32 Å². The number of hydrogen-bond donors (Lipinski definition) is 1. The van der Waals surface area contributed by atoms with Gasteiger partial charge in [0, 0.05) is 11.4 Å². The number of carbonyl (C=O) groups is 1. The highest BCUT2D eigenvalue weighted by atomic mass is 35.5. The highest BCUT2D eigenvalue weighted by molar-refractivity contribution is 6.31. The van der Waals surface area contributed by atoms with Gasteiger partial charge >= 0.3 is 0 Å². The lowest BCUT2D eigenvalue weighted by Crippen LogP contribution is -2.33. The van der Waals surface area contributed by atoms with Gasteiger partial charge in [0.25, 0.3) is 0 Å². The summed E-state index contributed by atoms with van der Waals surface area (Å²) >= 11 is 6.12. The molecule has 0 amide bonds. The van der Waals surface area contributed by atoms with Crippen molar-refractivity contribution in [3.8, 4) is 0 Å². The normalized spacial score (nSPS) is 16.5. The van der Waals surface area contributed by atoms with Crippen LogP contribution in [0, 0.1) is 6.92 Å². The van der Waals surface area contributed by atoms with E-state index >= 15 is 0 Å². The molecule has 104 valence electrons. The topological polar surface area (TPSA) is 38.3 Å². The van der Waals surface area contributed by atoms with Crippen LogP contribution in [0.1, 0.15) is 24.0 Å². The Kier molecular flexibility index (Phi) is 5.37. The Balaban J connectivity index is 1.80. The summed E-state index contributed by atoms with van der Waals surface area (Å²) < 4.78 is 5.65. The van der Waals surface area contributed by atoms with E-state index in [2.05, 4.69) is 5.32 Å². The number of hydrogen-bond acceptors (Lipinski definition) is 3. The van der Waals surface area contributed by atoms with Crippen molar-refractivity contribution in [2.75, 3.05) is 19.7 Å². The van der Waals surface area contributed by atoms with Crippen molar-refractivity contribution < 1.29 is 9.53 Å². The fraction of sp³-hybridized carbons (Fsp3) is 0.533. The van der Waals surface area contributed by atoms with Crippen LogP contribution in [0.15, 0.2) is 18.2 Å². The van der Waals surface area contributed by atoms with Crippen LogP contribution < -0.4 is 5.32 Å². The second-order valence-electron chi connectivity index (χ2n) is 5.07. The van der Waals surface area contributed by atoms with Crippen LogP contribution in [-0.2, 0) is 16.0 Å². The van der Waals surface area contributed by atoms with Gasteiger partial charge in [0.15, 0.2) is 5.78 Å². The monoisotopic (exact) mass is 281 g/mol. The number of benzene rings is 1. The number of ether oxygens (including phenoxy) is 1. The number of aryl methyl sites for hydroxylation is 1. The molecule has 1 fully saturated rings. The number of carbonyl (C=O) groups excluding carboxylic acids is 1. The minimum Gasteiger partial charge on any atom is -0.370 e. The summed E-state index contributed by atoms with van der Waals surface area (Å²) in [7, 11) is 0. The summed E-state index contributed by atoms with van der Waals surface area (Å²) in [4.78, 5) is 11.9. The molecule has 0 aromatic heterocycles. The van der Waals surface area contributed by atoms with Gasteiger partial charge in [-0.2, -0.15) is 0 Å². The Morgan fingerprint density at radius 1 is 1.42 bits per heavy atom. The molecule has 4 heteroatoms. The molecule has 1 aliphatic heterocycles. The molecule has 1 aromatic rings. The molecule has 0 atom stereocenters. The zero-order valence-electron chi connectivity index (χ0n) is 11.2. The molecule has 0 aliphatic carbocycles. The maximum atomic E-state index is 11.9. The first-order valence-electron chi connectivity index (χ1n) is 6.74. The smallest absolute Gasteiger partial charge is 0.162 e. The first kappa shape index (κ1) is 14.5. The number of halogens is 1. The van der Waals surface area contributed by atoms with Gasteiger partial charge in [-0.3, -0.25) is 4.79 Å². The van der Waals surface area contributed by atoms with Gasteiger partial charge in [0.1, 0.15) is 6.61 Å². The molecule has 0 unspecified atom stereocenters. The molecule has 1 N–H and O–H groups in total. The molecule has 1 saturated heterocycles. The van der Waals surface area contributed by atoms with Crippen molar-refractivity contribution in [2.24, 2.45) is 0 Å². The molecule has 19 heavy (non-hydrogen) atoms. The molecule has 2 rings (SSSR count). The van der Waals surface area contributed by atoms with Crippen molar-refractivity contribution in [3.05, 3.63) is 34.3 Å². The molecule has 1 aromatic carbocycles. The fourth-order valence-electron chi connectivity index (χ4n) is 2.23. The Morgan fingerprint density at radius 2 is 2.16 bits per heavy atom. The third-order valence-corrected chi connectivity index (χ3v) is 3.71. The maximum absolute atomic E-state index is 11.9. The Bertz CT molecular complexity index is 442. The average Bonchev–Trinajstić information content (AvgIpc) is 2.41. The van der Waals surface area contributed by atoms with E-state index in [1.165, 1.54) is 0 Å². The van der Waals surface area contributed by atoms with Gasteiger partial charge in [-0.1, -0.05) is 23.7 Å². The minimum atomic E-state index is 0.0873. The summed E-state index contributed by atoms with van der Waals surface area (Å²) in [5, 5.41) is 3.93. The zero-order valence-corrected chi connectivity index (χ0v) is 12.0. The predicted octanol–water partition coefficient (Wildman–Crippen LogP) is 2.53. The van der Waals surface area contributed by atoms with Crippen LogP contribution in [-0.4, -0.2) is 31.6 Å². The minimum absolute atomic E-state index is 0.0873. The summed E-state index contributed by atoms with van der Waals surface area (Å²) in [5.74, 6) is 0.0873. The number of rotatable bonds is 5. The standard InChI is InChI=1S/C15H20ClNO2/c1-11-2-3-12(15(16)8-11)9-13(18)10-19-14-4-6-17-7-5-14/h2-3,8,14,17H,4-7,9-10H2,1H3. The molecule has 3 nitrogen and oxygen atoms in total. The SMILES string of the molecule is Cc1ccc(CC(=O)COC2CCNCC2)c(Cl)c1. The Morgan fingerprint density at radius 3 is 2.84 bits per heavy atom. The average molecular weight is 282 g/mol. The summed E-state index contributed by atoms with van der Waals surface area (Å²) in [6, 6.07) is 5.78. The maximum Gasteiger partial charge on any atom is 0.162 e. The lowest BCUT2D eigenvalue weighted by molar-refractivity contribution is -0.125. The number of nitrogens with one attached hydrogen (secondary N) is 1. The second kappa shape index (κ2) is 7.04. The quantitative estimate of drug-likeness (QED) is 0.901. The van der Waals surface area contributed by atoms with Crippen molar-refractivity contribution >= 4 is 17.4 Å². The van der Waals surface area contributed by atoms with E-state index in [-0.39, 0.29) is 18.5 Å². The highest BCUT2D eigenvalue weighted by Crippen LogP contribution is 2.18. The summed E-state index contributed by atoms with van der Waals surface area (Å²) in [6.45, 7) is 4.12. The van der Waals surface area contributed by atoms with Gasteiger partial charge in [-0.05, 0) is 50.0 Å². The molecular formula is C15H20ClNO2. The van der Waals surface area contributed by atoms with Crippen LogP contribution in [0.2, 0.25) is 5.02 Å². The molecule has 1 aliphatic rings. The van der Waals surface area contributed by atoms with Gasteiger partial charge in [-0.25, -0.2) is 0 Å². The van der Waals surface area contributed by atoms with Crippen LogP contribution in [0.3, 0.4) is 0 Å². The molecular weight excluding hydrogens is 262 g/mol. The largest absolute Gasteiger partial charge is 0.370 e. The van der Waals surface area contributed by atoms with Crippen LogP contribution >= 0.6 is 11.6 Å². The molecule has 0 bridgehead atoms. The summed E-state index contributed by atoms with van der Waals surface area (Å²) in [5.41, 5.74) is 1.98. The Hall–Kier alpha value is -0.900. The van der Waals surface area contributed by atoms with E-state index in [4.69, 9.17) is 16.3 Å². The summed E-state index contributed by atoms with van der Waals surface area (Å²) in [6.07, 6.45) is 2.54. The van der Waals surface area contributed by atoms with Crippen LogP contribution in [0.25, 0.3) is 0 Å². The van der Waals surface area contributed by atoms with E-state index in [1.807, 2.05) is 25.1 Å². The lowest BCUT2D eigenvalue weighted by atomic mass is 10.1. The fourth-order valence-corrected chi connectivity index (χ4v) is 2.53. The van der Waals surface area contributed by atoms with Gasteiger partial charge in [-0.15, -0.1) is 0 Å². The first-order chi connectivity index (χ1) is 9.15. The Labute approximate surface area is 119 Å². The van der Waals surface area contributed by atoms with Crippen molar-refractivity contribution in [3.63, 3.8) is 0 Å². The number of Topliss-reactive ketones (excluding diaryl/α,β-unsaturated/α-hetero) is 1. The van der Waals surface area contributed by atoms with Crippen molar-refractivity contribution in [2.45, 2.75) is 32.3 Å². The van der Waals surface area contributed by atoms with Gasteiger partial charge < -0.3 is 10.1 Å². The predicted molar refractivity (Wildman–Crippen MR) is 76.7 cm³/mol. The zero-order chi connectivity index (χ0) is 13.7. The highest BCUT2D eigenvalue weighted by Gasteiger charge is 2.15. The molecule has 0 spiro atoms. The first-order valence-corrected chi connectivity index (χ1v) is 7.12. The second-order valence-corrected chi connectivity index (χ2v) is 5.48. The van der Waals surface area contributed by atoms with E-state index < -0.39 is 0 Å². The number of ketones is 1. The van der Waals surface area contributed by atoms with Gasteiger partial charge in [0.2, 0.25) is 0 Å². The van der Waals surface area contributed by atoms with Crippen LogP contribution in [0.5, 0.6) is 0 Å². The van der Waals surface area contributed by atoms with E-state index in [9.17, 15) is 4.79 Å². The van der Waals surface area contributed by atoms with Crippen molar-refractivity contribution in [1.29, 1.82) is 0 Å². The van der Waals surface area contributed by atoms with E-state index in [0.717, 1.165) is 37.1 Å².